The SMILES string of the molecule is CCCCCCCCC(CCC)N(CC)CC. The first-order valence-electron chi connectivity index (χ1n) is 8.04. The Morgan fingerprint density at radius 2 is 1.24 bits per heavy atom. The lowest BCUT2D eigenvalue weighted by Crippen LogP contribution is -2.34. The quantitative estimate of drug-likeness (QED) is 0.422. The Bertz CT molecular complexity index is 140. The summed E-state index contributed by atoms with van der Waals surface area (Å²) in [5.74, 6) is 0. The lowest BCUT2D eigenvalue weighted by molar-refractivity contribution is 0.190. The van der Waals surface area contributed by atoms with Gasteiger partial charge in [-0.1, -0.05) is 72.6 Å². The maximum Gasteiger partial charge on any atom is 0.00949 e. The van der Waals surface area contributed by atoms with Crippen molar-refractivity contribution in [2.45, 2.75) is 91.5 Å². The molecule has 0 aliphatic rings. The highest BCUT2D eigenvalue weighted by Crippen LogP contribution is 2.16. The molecule has 0 bridgehead atoms. The fourth-order valence-electron chi connectivity index (χ4n) is 2.74. The second kappa shape index (κ2) is 12.4. The van der Waals surface area contributed by atoms with Gasteiger partial charge in [-0.2, -0.15) is 0 Å². The van der Waals surface area contributed by atoms with Crippen LogP contribution < -0.4 is 0 Å². The zero-order valence-corrected chi connectivity index (χ0v) is 12.8. The van der Waals surface area contributed by atoms with Gasteiger partial charge in [0.15, 0.2) is 0 Å². The molecule has 0 aliphatic carbocycles. The number of unbranched alkanes of at least 4 members (excludes halogenated alkanes) is 5. The van der Waals surface area contributed by atoms with E-state index in [1.165, 1.54) is 70.9 Å². The maximum atomic E-state index is 2.65. The van der Waals surface area contributed by atoms with E-state index < -0.39 is 0 Å². The molecule has 0 fully saturated rings. The number of hydrogen-bond acceptors (Lipinski definition) is 1. The summed E-state index contributed by atoms with van der Waals surface area (Å²) in [6.45, 7) is 11.6. The van der Waals surface area contributed by atoms with Crippen LogP contribution in [0.1, 0.15) is 85.5 Å². The van der Waals surface area contributed by atoms with Crippen molar-refractivity contribution in [3.8, 4) is 0 Å². The molecule has 1 unspecified atom stereocenters. The second-order valence-electron chi connectivity index (χ2n) is 5.22. The molecule has 0 spiro atoms. The topological polar surface area (TPSA) is 3.24 Å². The summed E-state index contributed by atoms with van der Waals surface area (Å²) in [7, 11) is 0. The van der Waals surface area contributed by atoms with Crippen LogP contribution in [0.15, 0.2) is 0 Å². The van der Waals surface area contributed by atoms with E-state index in [4.69, 9.17) is 0 Å². The van der Waals surface area contributed by atoms with Crippen molar-refractivity contribution in [3.63, 3.8) is 0 Å². The first kappa shape index (κ1) is 17.0. The predicted octanol–water partition coefficient (Wildman–Crippen LogP) is 5.25. The third-order valence-electron chi connectivity index (χ3n) is 3.84. The van der Waals surface area contributed by atoms with Crippen molar-refractivity contribution in [2.75, 3.05) is 13.1 Å². The largest absolute Gasteiger partial charge is 0.301 e. The van der Waals surface area contributed by atoms with Crippen LogP contribution in [0.5, 0.6) is 0 Å². The van der Waals surface area contributed by atoms with Gasteiger partial charge in [-0.3, -0.25) is 0 Å². The first-order chi connectivity index (χ1) is 8.29. The molecule has 0 rings (SSSR count). The fourth-order valence-corrected chi connectivity index (χ4v) is 2.74. The first-order valence-corrected chi connectivity index (χ1v) is 8.04. The summed E-state index contributed by atoms with van der Waals surface area (Å²) < 4.78 is 0. The smallest absolute Gasteiger partial charge is 0.00949 e. The van der Waals surface area contributed by atoms with E-state index in [0.717, 1.165) is 6.04 Å². The van der Waals surface area contributed by atoms with E-state index in [-0.39, 0.29) is 0 Å². The molecular weight excluding hydrogens is 206 g/mol. The monoisotopic (exact) mass is 241 g/mol. The van der Waals surface area contributed by atoms with Crippen molar-refractivity contribution < 1.29 is 0 Å². The van der Waals surface area contributed by atoms with Crippen LogP contribution in [0.3, 0.4) is 0 Å². The molecule has 0 aliphatic heterocycles. The molecule has 1 nitrogen and oxygen atoms in total. The molecule has 0 N–H and O–H groups in total. The zero-order chi connectivity index (χ0) is 12.9. The Labute approximate surface area is 110 Å². The summed E-state index contributed by atoms with van der Waals surface area (Å²) in [6.07, 6.45) is 12.7. The minimum atomic E-state index is 0.848. The normalized spacial score (nSPS) is 13.2. The Hall–Kier alpha value is -0.0400. The van der Waals surface area contributed by atoms with Crippen LogP contribution in [0.25, 0.3) is 0 Å². The molecule has 1 heteroatoms. The molecule has 0 heterocycles. The van der Waals surface area contributed by atoms with Gasteiger partial charge in [0.2, 0.25) is 0 Å². The van der Waals surface area contributed by atoms with Crippen LogP contribution in [-0.2, 0) is 0 Å². The highest BCUT2D eigenvalue weighted by molar-refractivity contribution is 4.69. The molecule has 0 radical (unpaired) electrons. The van der Waals surface area contributed by atoms with Gasteiger partial charge in [0.05, 0.1) is 0 Å². The summed E-state index contributed by atoms with van der Waals surface area (Å²) in [6, 6.07) is 0.848. The Morgan fingerprint density at radius 1 is 0.647 bits per heavy atom. The third-order valence-corrected chi connectivity index (χ3v) is 3.84. The van der Waals surface area contributed by atoms with Crippen molar-refractivity contribution in [3.05, 3.63) is 0 Å². The molecular formula is C16H35N. The molecule has 0 aromatic rings. The Kier molecular flexibility index (Phi) is 12.4. The fraction of sp³-hybridized carbons (Fsp3) is 1.00. The lowest BCUT2D eigenvalue weighted by Gasteiger charge is -2.29. The third kappa shape index (κ3) is 8.65. The van der Waals surface area contributed by atoms with Crippen molar-refractivity contribution in [1.82, 2.24) is 4.90 Å². The van der Waals surface area contributed by atoms with Gasteiger partial charge in [-0.25, -0.2) is 0 Å². The Morgan fingerprint density at radius 3 is 1.76 bits per heavy atom. The molecule has 0 saturated carbocycles. The summed E-state index contributed by atoms with van der Waals surface area (Å²) in [5.41, 5.74) is 0. The Balaban J connectivity index is 3.69. The predicted molar refractivity (Wildman–Crippen MR) is 79.6 cm³/mol. The maximum absolute atomic E-state index is 2.65. The summed E-state index contributed by atoms with van der Waals surface area (Å²) in [5, 5.41) is 0. The van der Waals surface area contributed by atoms with Gasteiger partial charge in [0.25, 0.3) is 0 Å². The molecule has 0 aromatic carbocycles. The average molecular weight is 241 g/mol. The number of rotatable bonds is 12. The van der Waals surface area contributed by atoms with E-state index in [2.05, 4.69) is 32.6 Å². The van der Waals surface area contributed by atoms with Crippen molar-refractivity contribution in [2.24, 2.45) is 0 Å². The van der Waals surface area contributed by atoms with Gasteiger partial charge < -0.3 is 4.90 Å². The van der Waals surface area contributed by atoms with Crippen LogP contribution >= 0.6 is 0 Å². The van der Waals surface area contributed by atoms with Crippen LogP contribution in [-0.4, -0.2) is 24.0 Å². The van der Waals surface area contributed by atoms with Gasteiger partial charge in [0, 0.05) is 6.04 Å². The van der Waals surface area contributed by atoms with Gasteiger partial charge in [-0.05, 0) is 25.9 Å². The van der Waals surface area contributed by atoms with Crippen molar-refractivity contribution in [1.29, 1.82) is 0 Å². The van der Waals surface area contributed by atoms with Gasteiger partial charge >= 0.3 is 0 Å². The second-order valence-corrected chi connectivity index (χ2v) is 5.22. The van der Waals surface area contributed by atoms with Gasteiger partial charge in [0.1, 0.15) is 0 Å². The lowest BCUT2D eigenvalue weighted by atomic mass is 10.0. The summed E-state index contributed by atoms with van der Waals surface area (Å²) in [4.78, 5) is 2.65. The number of nitrogens with zero attached hydrogens (tertiary/aromatic N) is 1. The average Bonchev–Trinajstić information content (AvgIpc) is 2.35. The summed E-state index contributed by atoms with van der Waals surface area (Å²) >= 11 is 0. The van der Waals surface area contributed by atoms with Gasteiger partial charge in [-0.15, -0.1) is 0 Å². The standard InChI is InChI=1S/C16H35N/c1-5-9-10-11-12-13-15-16(14-6-2)17(7-3)8-4/h16H,5-15H2,1-4H3. The minimum Gasteiger partial charge on any atom is -0.301 e. The molecule has 17 heavy (non-hydrogen) atoms. The highest BCUT2D eigenvalue weighted by Gasteiger charge is 2.13. The van der Waals surface area contributed by atoms with E-state index in [9.17, 15) is 0 Å². The van der Waals surface area contributed by atoms with E-state index in [1.807, 2.05) is 0 Å². The number of hydrogen-bond donors (Lipinski definition) is 0. The van der Waals surface area contributed by atoms with E-state index >= 15 is 0 Å². The van der Waals surface area contributed by atoms with Crippen molar-refractivity contribution >= 4 is 0 Å². The molecule has 0 aromatic heterocycles. The zero-order valence-electron chi connectivity index (χ0n) is 12.8. The van der Waals surface area contributed by atoms with Crippen LogP contribution in [0.4, 0.5) is 0 Å². The molecule has 1 atom stereocenters. The highest BCUT2D eigenvalue weighted by atomic mass is 15.1. The molecule has 0 amide bonds. The molecule has 104 valence electrons. The minimum absolute atomic E-state index is 0.848. The van der Waals surface area contributed by atoms with E-state index in [0.29, 0.717) is 0 Å². The van der Waals surface area contributed by atoms with Crippen LogP contribution in [0, 0.1) is 0 Å². The van der Waals surface area contributed by atoms with E-state index in [1.54, 1.807) is 0 Å². The molecule has 0 saturated heterocycles. The van der Waals surface area contributed by atoms with Crippen LogP contribution in [0.2, 0.25) is 0 Å².